The lowest BCUT2D eigenvalue weighted by atomic mass is 10.1. The quantitative estimate of drug-likeness (QED) is 0.471. The molecule has 1 amide bonds. The number of phenols is 1. The predicted octanol–water partition coefficient (Wildman–Crippen LogP) is 4.72. The summed E-state index contributed by atoms with van der Waals surface area (Å²) in [4.78, 5) is 11.8. The molecule has 0 radical (unpaired) electrons. The Morgan fingerprint density at radius 2 is 1.80 bits per heavy atom. The van der Waals surface area contributed by atoms with E-state index in [1.807, 2.05) is 13.8 Å². The summed E-state index contributed by atoms with van der Waals surface area (Å²) in [6, 6.07) is 6.89. The van der Waals surface area contributed by atoms with E-state index < -0.39 is 5.91 Å². The number of ether oxygens (including phenoxy) is 1. The van der Waals surface area contributed by atoms with Crippen LogP contribution in [0.4, 0.5) is 0 Å². The fourth-order valence-corrected chi connectivity index (χ4v) is 3.34. The van der Waals surface area contributed by atoms with E-state index in [4.69, 9.17) is 16.3 Å². The highest BCUT2D eigenvalue weighted by Gasteiger charge is 2.07. The van der Waals surface area contributed by atoms with Crippen molar-refractivity contribution in [2.75, 3.05) is 6.61 Å². The van der Waals surface area contributed by atoms with Gasteiger partial charge in [-0.3, -0.25) is 4.79 Å². The molecule has 0 aliphatic rings. The molecule has 0 aliphatic carbocycles. The number of phenolic OH excluding ortho intramolecular Hbond substituents is 1. The number of nitrogens with one attached hydrogen (secondary N) is 1. The number of rotatable bonds is 5. The smallest absolute Gasteiger partial charge is 0.277 e. The molecule has 5 nitrogen and oxygen atoms in total. The van der Waals surface area contributed by atoms with Gasteiger partial charge in [0.2, 0.25) is 0 Å². The third-order valence-electron chi connectivity index (χ3n) is 3.22. The number of nitrogens with zero attached hydrogens (tertiary/aromatic N) is 1. The zero-order valence-corrected chi connectivity index (χ0v) is 17.4. The van der Waals surface area contributed by atoms with Crippen molar-refractivity contribution in [2.45, 2.75) is 13.8 Å². The van der Waals surface area contributed by atoms with Gasteiger partial charge in [-0.25, -0.2) is 5.43 Å². The third kappa shape index (κ3) is 5.45. The van der Waals surface area contributed by atoms with Gasteiger partial charge >= 0.3 is 0 Å². The van der Waals surface area contributed by atoms with E-state index in [9.17, 15) is 9.90 Å². The third-order valence-corrected chi connectivity index (χ3v) is 5.03. The highest BCUT2D eigenvalue weighted by molar-refractivity contribution is 9.11. The summed E-state index contributed by atoms with van der Waals surface area (Å²) in [6.45, 7) is 3.59. The monoisotopic (exact) mass is 488 g/mol. The molecule has 0 spiro atoms. The Bertz CT molecular complexity index is 795. The van der Waals surface area contributed by atoms with Crippen LogP contribution in [0.2, 0.25) is 5.02 Å². The fourth-order valence-electron chi connectivity index (χ4n) is 2.01. The lowest BCUT2D eigenvalue weighted by Crippen LogP contribution is -2.24. The van der Waals surface area contributed by atoms with Gasteiger partial charge in [0.05, 0.1) is 15.2 Å². The van der Waals surface area contributed by atoms with Crippen molar-refractivity contribution in [3.05, 3.63) is 54.9 Å². The van der Waals surface area contributed by atoms with Crippen LogP contribution in [0.5, 0.6) is 11.5 Å². The van der Waals surface area contributed by atoms with Crippen LogP contribution >= 0.6 is 43.5 Å². The summed E-state index contributed by atoms with van der Waals surface area (Å²) in [5.41, 5.74) is 4.85. The van der Waals surface area contributed by atoms with Crippen molar-refractivity contribution in [3.63, 3.8) is 0 Å². The number of hydrazone groups is 1. The van der Waals surface area contributed by atoms with Crippen LogP contribution in [-0.2, 0) is 4.79 Å². The van der Waals surface area contributed by atoms with Crippen LogP contribution < -0.4 is 10.2 Å². The van der Waals surface area contributed by atoms with E-state index >= 15 is 0 Å². The molecule has 132 valence electrons. The van der Waals surface area contributed by atoms with Gasteiger partial charge < -0.3 is 9.84 Å². The molecule has 25 heavy (non-hydrogen) atoms. The van der Waals surface area contributed by atoms with Crippen LogP contribution in [0.15, 0.2) is 38.3 Å². The van der Waals surface area contributed by atoms with Gasteiger partial charge in [0.25, 0.3) is 5.91 Å². The van der Waals surface area contributed by atoms with Crippen LogP contribution in [0.1, 0.15) is 16.7 Å². The molecule has 2 rings (SSSR count). The molecular formula is C17H15Br2ClN2O3. The topological polar surface area (TPSA) is 70.9 Å². The molecular weight excluding hydrogens is 475 g/mol. The minimum atomic E-state index is -0.390. The van der Waals surface area contributed by atoms with E-state index in [-0.39, 0.29) is 12.4 Å². The van der Waals surface area contributed by atoms with Crippen molar-refractivity contribution in [2.24, 2.45) is 5.10 Å². The average Bonchev–Trinajstić information content (AvgIpc) is 2.55. The van der Waals surface area contributed by atoms with E-state index in [1.54, 1.807) is 24.3 Å². The van der Waals surface area contributed by atoms with Crippen molar-refractivity contribution in [1.82, 2.24) is 5.43 Å². The van der Waals surface area contributed by atoms with Crippen LogP contribution in [0.25, 0.3) is 0 Å². The van der Waals surface area contributed by atoms with Crippen LogP contribution in [0, 0.1) is 13.8 Å². The first-order chi connectivity index (χ1) is 11.8. The predicted molar refractivity (Wildman–Crippen MR) is 106 cm³/mol. The standard InChI is InChI=1S/C17H15Br2ClN2O3/c1-9-3-12(4-10(2)16(9)20)25-8-15(23)22-21-7-11-5-13(18)17(24)14(19)6-11/h3-7,24H,8H2,1-2H3,(H,22,23)/b21-7+. The van der Waals surface area contributed by atoms with Gasteiger partial charge in [0, 0.05) is 5.02 Å². The number of benzene rings is 2. The Hall–Kier alpha value is -1.57. The van der Waals surface area contributed by atoms with E-state index in [1.165, 1.54) is 6.21 Å². The first-order valence-electron chi connectivity index (χ1n) is 7.17. The molecule has 0 aliphatic heterocycles. The van der Waals surface area contributed by atoms with Gasteiger partial charge in [-0.2, -0.15) is 5.10 Å². The summed E-state index contributed by atoms with van der Waals surface area (Å²) < 4.78 is 6.49. The van der Waals surface area contributed by atoms with Gasteiger partial charge in [0.1, 0.15) is 11.5 Å². The van der Waals surface area contributed by atoms with Crippen molar-refractivity contribution < 1.29 is 14.6 Å². The maximum Gasteiger partial charge on any atom is 0.277 e. The number of hydrogen-bond donors (Lipinski definition) is 2. The number of aromatic hydroxyl groups is 1. The number of halogens is 3. The second-order valence-electron chi connectivity index (χ2n) is 5.29. The molecule has 8 heteroatoms. The Morgan fingerprint density at radius 1 is 1.24 bits per heavy atom. The van der Waals surface area contributed by atoms with E-state index in [0.29, 0.717) is 25.3 Å². The Balaban J connectivity index is 1.91. The highest BCUT2D eigenvalue weighted by atomic mass is 79.9. The lowest BCUT2D eigenvalue weighted by Gasteiger charge is -2.09. The Labute approximate surface area is 167 Å². The van der Waals surface area contributed by atoms with Crippen molar-refractivity contribution in [1.29, 1.82) is 0 Å². The van der Waals surface area contributed by atoms with Crippen molar-refractivity contribution >= 4 is 55.6 Å². The van der Waals surface area contributed by atoms with Gasteiger partial charge in [0.15, 0.2) is 6.61 Å². The number of carbonyl (C=O) groups excluding carboxylic acids is 1. The van der Waals surface area contributed by atoms with Crippen LogP contribution in [-0.4, -0.2) is 23.8 Å². The lowest BCUT2D eigenvalue weighted by molar-refractivity contribution is -0.123. The largest absolute Gasteiger partial charge is 0.506 e. The first kappa shape index (κ1) is 19.8. The molecule has 0 saturated heterocycles. The zero-order valence-electron chi connectivity index (χ0n) is 13.4. The van der Waals surface area contributed by atoms with Gasteiger partial charge in [-0.05, 0) is 86.7 Å². The first-order valence-corrected chi connectivity index (χ1v) is 9.13. The number of aryl methyl sites for hydroxylation is 2. The summed E-state index contributed by atoms with van der Waals surface area (Å²) in [6.07, 6.45) is 1.46. The normalized spacial score (nSPS) is 10.9. The molecule has 0 aromatic heterocycles. The maximum atomic E-state index is 11.8. The SMILES string of the molecule is Cc1cc(OCC(=O)N/N=C/c2cc(Br)c(O)c(Br)c2)cc(C)c1Cl. The summed E-state index contributed by atoms with van der Waals surface area (Å²) in [5, 5.41) is 14.2. The molecule has 2 aromatic carbocycles. The summed E-state index contributed by atoms with van der Waals surface area (Å²) in [7, 11) is 0. The summed E-state index contributed by atoms with van der Waals surface area (Å²) in [5.74, 6) is 0.284. The summed E-state index contributed by atoms with van der Waals surface area (Å²) >= 11 is 12.5. The van der Waals surface area contributed by atoms with E-state index in [0.717, 1.165) is 11.1 Å². The number of hydrogen-bond acceptors (Lipinski definition) is 4. The minimum absolute atomic E-state index is 0.100. The van der Waals surface area contributed by atoms with Crippen molar-refractivity contribution in [3.8, 4) is 11.5 Å². The van der Waals surface area contributed by atoms with E-state index in [2.05, 4.69) is 42.4 Å². The second kappa shape index (κ2) is 8.69. The number of amides is 1. The molecule has 2 aromatic rings. The number of carbonyl (C=O) groups is 1. The molecule has 0 bridgehead atoms. The minimum Gasteiger partial charge on any atom is -0.506 e. The van der Waals surface area contributed by atoms with Gasteiger partial charge in [-0.1, -0.05) is 11.6 Å². The molecule has 0 unspecified atom stereocenters. The molecule has 2 N–H and O–H groups in total. The molecule has 0 atom stereocenters. The Morgan fingerprint density at radius 3 is 2.36 bits per heavy atom. The molecule has 0 fully saturated rings. The zero-order chi connectivity index (χ0) is 18.6. The molecule has 0 heterocycles. The molecule has 0 saturated carbocycles. The Kier molecular flexibility index (Phi) is 6.87. The maximum absolute atomic E-state index is 11.8. The second-order valence-corrected chi connectivity index (χ2v) is 7.37. The average molecular weight is 491 g/mol. The fraction of sp³-hybridized carbons (Fsp3) is 0.176. The van der Waals surface area contributed by atoms with Crippen LogP contribution in [0.3, 0.4) is 0 Å². The van der Waals surface area contributed by atoms with Gasteiger partial charge in [-0.15, -0.1) is 0 Å². The highest BCUT2D eigenvalue weighted by Crippen LogP contribution is 2.32.